The molecule has 0 aliphatic carbocycles. The number of nitrogens with zero attached hydrogens (tertiary/aromatic N) is 3. The van der Waals surface area contributed by atoms with Gasteiger partial charge in [0.15, 0.2) is 5.82 Å². The van der Waals surface area contributed by atoms with Crippen LogP contribution in [0.4, 0.5) is 13.2 Å². The first-order chi connectivity index (χ1) is 8.90. The van der Waals surface area contributed by atoms with Crippen molar-refractivity contribution in [1.29, 1.82) is 0 Å². The van der Waals surface area contributed by atoms with Crippen LogP contribution in [0.3, 0.4) is 0 Å². The standard InChI is InChI=1S/C11H10F3N3O2/c1-2-8-15-9(19-16-8)6-17-4-3-7(5-17)10(18)11(12,13)14/h3-5H,2,6H2,1H3. The van der Waals surface area contributed by atoms with E-state index >= 15 is 0 Å². The third-order valence-electron chi connectivity index (χ3n) is 2.41. The molecule has 0 aliphatic rings. The molecular formula is C11H10F3N3O2. The van der Waals surface area contributed by atoms with Gasteiger partial charge in [-0.2, -0.15) is 18.2 Å². The van der Waals surface area contributed by atoms with Crippen LogP contribution in [0.25, 0.3) is 0 Å². The molecule has 0 radical (unpaired) electrons. The van der Waals surface area contributed by atoms with Gasteiger partial charge in [-0.05, 0) is 6.07 Å². The van der Waals surface area contributed by atoms with Gasteiger partial charge in [-0.25, -0.2) is 0 Å². The Hall–Kier alpha value is -2.12. The zero-order valence-corrected chi connectivity index (χ0v) is 9.94. The van der Waals surface area contributed by atoms with E-state index in [0.29, 0.717) is 12.2 Å². The van der Waals surface area contributed by atoms with Crippen LogP contribution in [-0.2, 0) is 13.0 Å². The smallest absolute Gasteiger partial charge is 0.344 e. The monoisotopic (exact) mass is 273 g/mol. The van der Waals surface area contributed by atoms with E-state index in [-0.39, 0.29) is 12.4 Å². The molecule has 0 spiro atoms. The van der Waals surface area contributed by atoms with Crippen LogP contribution < -0.4 is 0 Å². The molecule has 2 heterocycles. The summed E-state index contributed by atoms with van der Waals surface area (Å²) in [7, 11) is 0. The zero-order chi connectivity index (χ0) is 14.0. The lowest BCUT2D eigenvalue weighted by molar-refractivity contribution is -0.0885. The largest absolute Gasteiger partial charge is 0.454 e. The third-order valence-corrected chi connectivity index (χ3v) is 2.41. The molecule has 8 heteroatoms. The Labute approximate surface area is 106 Å². The second kappa shape index (κ2) is 4.87. The number of rotatable bonds is 4. The van der Waals surface area contributed by atoms with E-state index in [4.69, 9.17) is 4.52 Å². The molecule has 0 bridgehead atoms. The highest BCUT2D eigenvalue weighted by Gasteiger charge is 2.39. The number of Topliss-reactive ketones (excluding diaryl/α,β-unsaturated/α-hetero) is 1. The van der Waals surface area contributed by atoms with Crippen molar-refractivity contribution >= 4 is 5.78 Å². The predicted octanol–water partition coefficient (Wildman–Crippen LogP) is 2.23. The molecule has 2 aromatic rings. The summed E-state index contributed by atoms with van der Waals surface area (Å²) in [4.78, 5) is 15.0. The molecule has 0 unspecified atom stereocenters. The topological polar surface area (TPSA) is 60.9 Å². The van der Waals surface area contributed by atoms with Crippen molar-refractivity contribution in [1.82, 2.24) is 14.7 Å². The molecular weight excluding hydrogens is 263 g/mol. The number of ketones is 1. The van der Waals surface area contributed by atoms with E-state index in [0.717, 1.165) is 12.3 Å². The molecule has 102 valence electrons. The van der Waals surface area contributed by atoms with Crippen LogP contribution in [0, 0.1) is 0 Å². The number of alkyl halides is 3. The number of carbonyl (C=O) groups is 1. The van der Waals surface area contributed by atoms with E-state index < -0.39 is 17.5 Å². The lowest BCUT2D eigenvalue weighted by Crippen LogP contribution is -2.22. The molecule has 2 aromatic heterocycles. The van der Waals surface area contributed by atoms with E-state index in [2.05, 4.69) is 10.1 Å². The number of carbonyl (C=O) groups excluding carboxylic acids is 1. The molecule has 2 rings (SSSR count). The molecule has 0 N–H and O–H groups in total. The summed E-state index contributed by atoms with van der Waals surface area (Å²) in [5, 5.41) is 3.67. The summed E-state index contributed by atoms with van der Waals surface area (Å²) in [5.41, 5.74) is -0.414. The van der Waals surface area contributed by atoms with Crippen LogP contribution >= 0.6 is 0 Å². The minimum absolute atomic E-state index is 0.123. The van der Waals surface area contributed by atoms with Crippen LogP contribution in [0.15, 0.2) is 23.0 Å². The average Bonchev–Trinajstić information content (AvgIpc) is 2.96. The van der Waals surface area contributed by atoms with Crippen molar-refractivity contribution in [2.45, 2.75) is 26.1 Å². The summed E-state index contributed by atoms with van der Waals surface area (Å²) in [6.45, 7) is 1.97. The Kier molecular flexibility index (Phi) is 3.41. The maximum absolute atomic E-state index is 12.2. The van der Waals surface area contributed by atoms with Crippen molar-refractivity contribution < 1.29 is 22.5 Å². The average molecular weight is 273 g/mol. The number of hydrogen-bond donors (Lipinski definition) is 0. The maximum Gasteiger partial charge on any atom is 0.454 e. The molecule has 0 atom stereocenters. The SMILES string of the molecule is CCc1noc(Cn2ccc(C(=O)C(F)(F)F)c2)n1. The Balaban J connectivity index is 2.11. The quantitative estimate of drug-likeness (QED) is 0.801. The van der Waals surface area contributed by atoms with Gasteiger partial charge in [-0.15, -0.1) is 0 Å². The molecule has 5 nitrogen and oxygen atoms in total. The van der Waals surface area contributed by atoms with Gasteiger partial charge in [0.1, 0.15) is 6.54 Å². The Morgan fingerprint density at radius 2 is 2.21 bits per heavy atom. The first-order valence-corrected chi connectivity index (χ1v) is 5.49. The van der Waals surface area contributed by atoms with Gasteiger partial charge in [0.2, 0.25) is 5.89 Å². The van der Waals surface area contributed by atoms with Gasteiger partial charge in [0.05, 0.1) is 0 Å². The molecule has 0 aromatic carbocycles. The van der Waals surface area contributed by atoms with E-state index in [9.17, 15) is 18.0 Å². The van der Waals surface area contributed by atoms with E-state index in [1.54, 1.807) is 0 Å². The second-order valence-corrected chi connectivity index (χ2v) is 3.86. The zero-order valence-electron chi connectivity index (χ0n) is 9.94. The summed E-state index contributed by atoms with van der Waals surface area (Å²) in [6, 6.07) is 1.10. The van der Waals surface area contributed by atoms with Crippen molar-refractivity contribution in [3.8, 4) is 0 Å². The van der Waals surface area contributed by atoms with Crippen molar-refractivity contribution in [3.05, 3.63) is 35.7 Å². The van der Waals surface area contributed by atoms with E-state index in [1.165, 1.54) is 10.8 Å². The third kappa shape index (κ3) is 3.01. The van der Waals surface area contributed by atoms with Gasteiger partial charge < -0.3 is 9.09 Å². The lowest BCUT2D eigenvalue weighted by Gasteiger charge is -2.02. The van der Waals surface area contributed by atoms with Crippen molar-refractivity contribution in [2.24, 2.45) is 0 Å². The van der Waals surface area contributed by atoms with Gasteiger partial charge in [-0.1, -0.05) is 12.1 Å². The van der Waals surface area contributed by atoms with E-state index in [1.807, 2.05) is 6.92 Å². The minimum Gasteiger partial charge on any atom is -0.344 e. The fraction of sp³-hybridized carbons (Fsp3) is 0.364. The number of aryl methyl sites for hydroxylation is 1. The molecule has 0 saturated carbocycles. The highest BCUT2D eigenvalue weighted by atomic mass is 19.4. The maximum atomic E-state index is 12.2. The Morgan fingerprint density at radius 1 is 1.47 bits per heavy atom. The second-order valence-electron chi connectivity index (χ2n) is 3.86. The normalized spacial score (nSPS) is 11.8. The Morgan fingerprint density at radius 3 is 2.79 bits per heavy atom. The van der Waals surface area contributed by atoms with Crippen LogP contribution in [0.5, 0.6) is 0 Å². The van der Waals surface area contributed by atoms with Crippen LogP contribution in [0.1, 0.15) is 29.0 Å². The fourth-order valence-corrected chi connectivity index (χ4v) is 1.49. The number of hydrogen-bond acceptors (Lipinski definition) is 4. The minimum atomic E-state index is -4.87. The fourth-order valence-electron chi connectivity index (χ4n) is 1.49. The molecule has 0 saturated heterocycles. The summed E-state index contributed by atoms with van der Waals surface area (Å²) in [6.07, 6.45) is -1.81. The van der Waals surface area contributed by atoms with Crippen LogP contribution in [0.2, 0.25) is 0 Å². The number of halogens is 3. The predicted molar refractivity (Wildman–Crippen MR) is 57.6 cm³/mol. The highest BCUT2D eigenvalue weighted by molar-refractivity contribution is 6.00. The van der Waals surface area contributed by atoms with Gasteiger partial charge in [0.25, 0.3) is 5.78 Å². The van der Waals surface area contributed by atoms with Gasteiger partial charge in [0, 0.05) is 24.4 Å². The summed E-state index contributed by atoms with van der Waals surface area (Å²) >= 11 is 0. The molecule has 0 fully saturated rings. The Bertz CT molecular complexity index is 586. The lowest BCUT2D eigenvalue weighted by atomic mass is 10.2. The molecule has 19 heavy (non-hydrogen) atoms. The van der Waals surface area contributed by atoms with Gasteiger partial charge >= 0.3 is 6.18 Å². The molecule has 0 amide bonds. The van der Waals surface area contributed by atoms with Crippen LogP contribution in [-0.4, -0.2) is 26.7 Å². The summed E-state index contributed by atoms with van der Waals surface area (Å²) in [5.74, 6) is -1.07. The summed E-state index contributed by atoms with van der Waals surface area (Å²) < 4.78 is 42.9. The molecule has 0 aliphatic heterocycles. The van der Waals surface area contributed by atoms with Crippen molar-refractivity contribution in [2.75, 3.05) is 0 Å². The first kappa shape index (κ1) is 13.3. The highest BCUT2D eigenvalue weighted by Crippen LogP contribution is 2.21. The van der Waals surface area contributed by atoms with Gasteiger partial charge in [-0.3, -0.25) is 4.79 Å². The first-order valence-electron chi connectivity index (χ1n) is 5.49. The van der Waals surface area contributed by atoms with Crippen molar-refractivity contribution in [3.63, 3.8) is 0 Å². The number of aromatic nitrogens is 3.